The molecule has 2 amide bonds. The topological polar surface area (TPSA) is 61.4 Å². The number of amides is 2. The summed E-state index contributed by atoms with van der Waals surface area (Å²) in [6.07, 6.45) is 0. The van der Waals surface area contributed by atoms with Gasteiger partial charge in [0.2, 0.25) is 11.8 Å². The largest absolute Gasteiger partial charge is 0.350 e. The number of carbonyl (C=O) groups excluding carboxylic acids is 2. The predicted octanol–water partition coefficient (Wildman–Crippen LogP) is 1.92. The Hall–Kier alpha value is -1.95. The Kier molecular flexibility index (Phi) is 6.05. The molecule has 1 rings (SSSR count). The minimum Gasteiger partial charge on any atom is -0.350 e. The van der Waals surface area contributed by atoms with Gasteiger partial charge in [0.05, 0.1) is 18.8 Å². The molecule has 0 heterocycles. The van der Waals surface area contributed by atoms with E-state index in [2.05, 4.69) is 10.6 Å². The Balaban J connectivity index is 2.49. The molecule has 0 spiro atoms. The van der Waals surface area contributed by atoms with Crippen molar-refractivity contribution in [2.75, 3.05) is 25.5 Å². The zero-order valence-electron chi connectivity index (χ0n) is 13.8. The van der Waals surface area contributed by atoms with E-state index in [1.165, 1.54) is 12.1 Å². The molecule has 1 aromatic rings. The highest BCUT2D eigenvalue weighted by Crippen LogP contribution is 2.15. The van der Waals surface area contributed by atoms with Gasteiger partial charge in [0, 0.05) is 5.54 Å². The highest BCUT2D eigenvalue weighted by molar-refractivity contribution is 5.92. The molecule has 0 saturated heterocycles. The van der Waals surface area contributed by atoms with Crippen LogP contribution in [-0.4, -0.2) is 42.4 Å². The van der Waals surface area contributed by atoms with Crippen molar-refractivity contribution in [3.05, 3.63) is 29.6 Å². The number of anilines is 1. The van der Waals surface area contributed by atoms with Gasteiger partial charge < -0.3 is 10.6 Å². The first kappa shape index (κ1) is 18.1. The average molecular weight is 309 g/mol. The molecule has 0 fully saturated rings. The Morgan fingerprint density at radius 1 is 1.18 bits per heavy atom. The molecule has 122 valence electrons. The number of aryl methyl sites for hydroxylation is 1. The van der Waals surface area contributed by atoms with Crippen molar-refractivity contribution in [2.45, 2.75) is 33.2 Å². The lowest BCUT2D eigenvalue weighted by Gasteiger charge is -2.23. The molecule has 5 nitrogen and oxygen atoms in total. The minimum absolute atomic E-state index is 0.00484. The van der Waals surface area contributed by atoms with Gasteiger partial charge in [0.15, 0.2) is 0 Å². The maximum atomic E-state index is 13.7. The summed E-state index contributed by atoms with van der Waals surface area (Å²) in [6, 6.07) is 4.60. The summed E-state index contributed by atoms with van der Waals surface area (Å²) in [5, 5.41) is 5.32. The van der Waals surface area contributed by atoms with Gasteiger partial charge in [-0.3, -0.25) is 14.5 Å². The second kappa shape index (κ2) is 7.35. The highest BCUT2D eigenvalue weighted by atomic mass is 19.1. The SMILES string of the molecule is Cc1ccc(NC(=O)CN(C)CC(=O)NC(C)(C)C)c(F)c1. The lowest BCUT2D eigenvalue weighted by Crippen LogP contribution is -2.46. The van der Waals surface area contributed by atoms with Crippen LogP contribution in [0, 0.1) is 12.7 Å². The first-order chi connectivity index (χ1) is 10.1. The van der Waals surface area contributed by atoms with Crippen molar-refractivity contribution in [3.8, 4) is 0 Å². The lowest BCUT2D eigenvalue weighted by molar-refractivity contribution is -0.124. The Morgan fingerprint density at radius 3 is 2.32 bits per heavy atom. The van der Waals surface area contributed by atoms with Crippen LogP contribution in [-0.2, 0) is 9.59 Å². The Labute approximate surface area is 130 Å². The van der Waals surface area contributed by atoms with Crippen LogP contribution in [0.4, 0.5) is 10.1 Å². The van der Waals surface area contributed by atoms with E-state index in [4.69, 9.17) is 0 Å². The molecule has 6 heteroatoms. The fourth-order valence-electron chi connectivity index (χ4n) is 1.92. The van der Waals surface area contributed by atoms with Gasteiger partial charge in [-0.1, -0.05) is 6.07 Å². The number of halogens is 1. The molecule has 0 aliphatic carbocycles. The summed E-state index contributed by atoms with van der Waals surface area (Å²) in [4.78, 5) is 25.2. The van der Waals surface area contributed by atoms with Crippen LogP contribution in [0.3, 0.4) is 0 Å². The molecule has 0 unspecified atom stereocenters. The minimum atomic E-state index is -0.471. The maximum absolute atomic E-state index is 13.7. The number of benzene rings is 1. The molecule has 22 heavy (non-hydrogen) atoms. The number of likely N-dealkylation sites (N-methyl/N-ethyl adjacent to an activating group) is 1. The average Bonchev–Trinajstić information content (AvgIpc) is 2.29. The van der Waals surface area contributed by atoms with E-state index < -0.39 is 5.82 Å². The molecule has 2 N–H and O–H groups in total. The monoisotopic (exact) mass is 309 g/mol. The molecule has 0 aromatic heterocycles. The zero-order valence-corrected chi connectivity index (χ0v) is 13.8. The molecule has 0 saturated carbocycles. The number of hydrogen-bond donors (Lipinski definition) is 2. The van der Waals surface area contributed by atoms with Gasteiger partial charge in [-0.15, -0.1) is 0 Å². The smallest absolute Gasteiger partial charge is 0.238 e. The Bertz CT molecular complexity index is 553. The summed E-state index contributed by atoms with van der Waals surface area (Å²) in [5.41, 5.74) is 0.611. The normalized spacial score (nSPS) is 11.4. The van der Waals surface area contributed by atoms with Gasteiger partial charge in [0.25, 0.3) is 0 Å². The van der Waals surface area contributed by atoms with Gasteiger partial charge in [-0.05, 0) is 52.4 Å². The molecule has 0 radical (unpaired) electrons. The molecular formula is C16H24FN3O2. The fraction of sp³-hybridized carbons (Fsp3) is 0.500. The van der Waals surface area contributed by atoms with Crippen LogP contribution in [0.1, 0.15) is 26.3 Å². The van der Waals surface area contributed by atoms with Crippen molar-refractivity contribution in [1.82, 2.24) is 10.2 Å². The summed E-state index contributed by atoms with van der Waals surface area (Å²) in [5.74, 6) is -1.00. The van der Waals surface area contributed by atoms with Gasteiger partial charge in [-0.2, -0.15) is 0 Å². The number of nitrogens with zero attached hydrogens (tertiary/aromatic N) is 1. The van der Waals surface area contributed by atoms with Crippen molar-refractivity contribution in [2.24, 2.45) is 0 Å². The van der Waals surface area contributed by atoms with Gasteiger partial charge in [-0.25, -0.2) is 4.39 Å². The van der Waals surface area contributed by atoms with E-state index in [0.717, 1.165) is 5.56 Å². The summed E-state index contributed by atoms with van der Waals surface area (Å²) >= 11 is 0. The molecule has 0 atom stereocenters. The fourth-order valence-corrected chi connectivity index (χ4v) is 1.92. The quantitative estimate of drug-likeness (QED) is 0.873. The lowest BCUT2D eigenvalue weighted by atomic mass is 10.1. The second-order valence-corrected chi connectivity index (χ2v) is 6.50. The summed E-state index contributed by atoms with van der Waals surface area (Å²) in [7, 11) is 1.66. The van der Waals surface area contributed by atoms with Crippen LogP contribution in [0.25, 0.3) is 0 Å². The first-order valence-electron chi connectivity index (χ1n) is 7.12. The summed E-state index contributed by atoms with van der Waals surface area (Å²) in [6.45, 7) is 7.54. The number of carbonyl (C=O) groups is 2. The predicted molar refractivity (Wildman–Crippen MR) is 85.2 cm³/mol. The molecule has 0 aliphatic rings. The third-order valence-electron chi connectivity index (χ3n) is 2.74. The van der Waals surface area contributed by atoms with Crippen LogP contribution in [0.5, 0.6) is 0 Å². The molecule has 1 aromatic carbocycles. The van der Waals surface area contributed by atoms with Gasteiger partial charge >= 0.3 is 0 Å². The van der Waals surface area contributed by atoms with Gasteiger partial charge in [0.1, 0.15) is 5.82 Å². The van der Waals surface area contributed by atoms with E-state index in [1.54, 1.807) is 24.9 Å². The second-order valence-electron chi connectivity index (χ2n) is 6.50. The van der Waals surface area contributed by atoms with Crippen LogP contribution >= 0.6 is 0 Å². The zero-order chi connectivity index (χ0) is 16.9. The maximum Gasteiger partial charge on any atom is 0.238 e. The molecule has 0 aliphatic heterocycles. The van der Waals surface area contributed by atoms with Crippen molar-refractivity contribution < 1.29 is 14.0 Å². The van der Waals surface area contributed by atoms with E-state index in [9.17, 15) is 14.0 Å². The molecule has 0 bridgehead atoms. The van der Waals surface area contributed by atoms with E-state index >= 15 is 0 Å². The van der Waals surface area contributed by atoms with Crippen molar-refractivity contribution >= 4 is 17.5 Å². The van der Waals surface area contributed by atoms with Crippen LogP contribution < -0.4 is 10.6 Å². The van der Waals surface area contributed by atoms with Crippen LogP contribution in [0.15, 0.2) is 18.2 Å². The van der Waals surface area contributed by atoms with E-state index in [1.807, 2.05) is 20.8 Å². The first-order valence-corrected chi connectivity index (χ1v) is 7.12. The van der Waals surface area contributed by atoms with Crippen molar-refractivity contribution in [1.29, 1.82) is 0 Å². The summed E-state index contributed by atoms with van der Waals surface area (Å²) < 4.78 is 13.7. The number of nitrogens with one attached hydrogen (secondary N) is 2. The molecular weight excluding hydrogens is 285 g/mol. The number of hydrogen-bond acceptors (Lipinski definition) is 3. The van der Waals surface area contributed by atoms with E-state index in [0.29, 0.717) is 0 Å². The van der Waals surface area contributed by atoms with E-state index in [-0.39, 0.29) is 36.1 Å². The standard InChI is InChI=1S/C16H24FN3O2/c1-11-6-7-13(12(17)8-11)18-14(21)9-20(5)10-15(22)19-16(2,3)4/h6-8H,9-10H2,1-5H3,(H,18,21)(H,19,22). The third kappa shape index (κ3) is 6.67. The Morgan fingerprint density at radius 2 is 1.77 bits per heavy atom. The number of rotatable bonds is 5. The van der Waals surface area contributed by atoms with Crippen molar-refractivity contribution in [3.63, 3.8) is 0 Å². The highest BCUT2D eigenvalue weighted by Gasteiger charge is 2.16. The van der Waals surface area contributed by atoms with Crippen LogP contribution in [0.2, 0.25) is 0 Å². The third-order valence-corrected chi connectivity index (χ3v) is 2.74.